The number of carbonyl (C=O) groups excluding carboxylic acids is 3. The van der Waals surface area contributed by atoms with E-state index in [1.807, 2.05) is 24.3 Å². The molecule has 4 rings (SSSR count). The number of aromatic amines is 1. The fourth-order valence-corrected chi connectivity index (χ4v) is 3.58. The number of carbonyl (C=O) groups is 3. The summed E-state index contributed by atoms with van der Waals surface area (Å²) in [6, 6.07) is 12.7. The van der Waals surface area contributed by atoms with Crippen molar-refractivity contribution in [1.29, 1.82) is 0 Å². The zero-order chi connectivity index (χ0) is 19.7. The van der Waals surface area contributed by atoms with Crippen LogP contribution in [-0.4, -0.2) is 39.1 Å². The number of fused-ring (bicyclic) bond motifs is 2. The number of hydrogen-bond acceptors (Lipinski definition) is 4. The molecule has 0 spiro atoms. The van der Waals surface area contributed by atoms with Crippen LogP contribution in [-0.2, 0) is 11.3 Å². The number of aromatic nitrogens is 2. The van der Waals surface area contributed by atoms with Crippen LogP contribution in [0.2, 0.25) is 0 Å². The summed E-state index contributed by atoms with van der Waals surface area (Å²) in [5.74, 6) is -0.0977. The highest BCUT2D eigenvalue weighted by Crippen LogP contribution is 2.26. The number of imidazole rings is 1. The summed E-state index contributed by atoms with van der Waals surface area (Å²) in [5.41, 5.74) is 2.57. The van der Waals surface area contributed by atoms with Gasteiger partial charge < -0.3 is 10.3 Å². The van der Waals surface area contributed by atoms with Crippen molar-refractivity contribution in [3.63, 3.8) is 0 Å². The van der Waals surface area contributed by atoms with Crippen LogP contribution in [0.1, 0.15) is 39.4 Å². The van der Waals surface area contributed by atoms with Crippen LogP contribution < -0.4 is 5.32 Å². The molecule has 8 heteroatoms. The number of H-pyrrole nitrogens is 1. The van der Waals surface area contributed by atoms with Crippen molar-refractivity contribution in [1.82, 2.24) is 20.2 Å². The van der Waals surface area contributed by atoms with E-state index in [4.69, 9.17) is 0 Å². The van der Waals surface area contributed by atoms with Gasteiger partial charge in [0.25, 0.3) is 11.8 Å². The lowest BCUT2D eigenvalue weighted by atomic mass is 10.1. The Bertz CT molecular complexity index is 1060. The van der Waals surface area contributed by atoms with Crippen LogP contribution in [0.4, 0.5) is 0 Å². The van der Waals surface area contributed by atoms with E-state index >= 15 is 0 Å². The maximum Gasteiger partial charge on any atom is 0.261 e. The summed E-state index contributed by atoms with van der Waals surface area (Å²) >= 11 is 3.31. The molecule has 1 aromatic heterocycles. The molecule has 2 aromatic carbocycles. The number of halogens is 1. The number of rotatable bonds is 6. The average molecular weight is 441 g/mol. The third-order valence-corrected chi connectivity index (χ3v) is 5.10. The molecule has 28 heavy (non-hydrogen) atoms. The zero-order valence-electron chi connectivity index (χ0n) is 14.9. The van der Waals surface area contributed by atoms with Crippen molar-refractivity contribution in [2.24, 2.45) is 0 Å². The van der Waals surface area contributed by atoms with E-state index in [1.165, 1.54) is 4.90 Å². The molecule has 2 N–H and O–H groups in total. The lowest BCUT2D eigenvalue weighted by molar-refractivity contribution is -0.121. The largest absolute Gasteiger partial charge is 0.349 e. The number of imide groups is 1. The smallest absolute Gasteiger partial charge is 0.261 e. The van der Waals surface area contributed by atoms with E-state index in [-0.39, 0.29) is 30.7 Å². The van der Waals surface area contributed by atoms with E-state index in [0.29, 0.717) is 29.9 Å². The number of nitrogens with one attached hydrogen (secondary N) is 2. The van der Waals surface area contributed by atoms with Gasteiger partial charge in [0.15, 0.2) is 0 Å². The lowest BCUT2D eigenvalue weighted by Gasteiger charge is -2.13. The van der Waals surface area contributed by atoms with Gasteiger partial charge in [0.05, 0.1) is 28.7 Å². The number of para-hydroxylation sites is 2. The Morgan fingerprint density at radius 3 is 2.71 bits per heavy atom. The summed E-state index contributed by atoms with van der Waals surface area (Å²) in [6.07, 6.45) is 0.621. The Balaban J connectivity index is 1.27. The minimum Gasteiger partial charge on any atom is -0.349 e. The van der Waals surface area contributed by atoms with E-state index in [0.717, 1.165) is 15.5 Å². The number of nitrogens with zero attached hydrogens (tertiary/aromatic N) is 2. The molecule has 0 saturated carbocycles. The fraction of sp³-hybridized carbons (Fsp3) is 0.200. The monoisotopic (exact) mass is 440 g/mol. The van der Waals surface area contributed by atoms with Crippen molar-refractivity contribution < 1.29 is 14.4 Å². The van der Waals surface area contributed by atoms with Gasteiger partial charge in [-0.3, -0.25) is 19.3 Å². The Hall–Kier alpha value is -3.00. The Morgan fingerprint density at radius 1 is 1.11 bits per heavy atom. The van der Waals surface area contributed by atoms with Gasteiger partial charge >= 0.3 is 0 Å². The van der Waals surface area contributed by atoms with Gasteiger partial charge in [-0.1, -0.05) is 28.1 Å². The molecule has 0 radical (unpaired) electrons. The molecule has 0 atom stereocenters. The van der Waals surface area contributed by atoms with E-state index < -0.39 is 0 Å². The van der Waals surface area contributed by atoms with Crippen molar-refractivity contribution in [2.75, 3.05) is 6.54 Å². The third kappa shape index (κ3) is 3.55. The second kappa shape index (κ2) is 7.55. The van der Waals surface area contributed by atoms with E-state index in [2.05, 4.69) is 31.2 Å². The molecule has 2 heterocycles. The van der Waals surface area contributed by atoms with Gasteiger partial charge in [-0.15, -0.1) is 0 Å². The first-order valence-electron chi connectivity index (χ1n) is 8.89. The number of hydrogen-bond donors (Lipinski definition) is 2. The van der Waals surface area contributed by atoms with Crippen LogP contribution in [0.25, 0.3) is 11.0 Å². The van der Waals surface area contributed by atoms with E-state index in [9.17, 15) is 14.4 Å². The van der Waals surface area contributed by atoms with Gasteiger partial charge in [0.2, 0.25) is 5.91 Å². The van der Waals surface area contributed by atoms with Crippen LogP contribution in [0, 0.1) is 0 Å². The third-order valence-electron chi connectivity index (χ3n) is 4.61. The highest BCUT2D eigenvalue weighted by atomic mass is 79.9. The first-order chi connectivity index (χ1) is 13.5. The summed E-state index contributed by atoms with van der Waals surface area (Å²) in [4.78, 5) is 45.6. The summed E-state index contributed by atoms with van der Waals surface area (Å²) in [7, 11) is 0. The lowest BCUT2D eigenvalue weighted by Crippen LogP contribution is -2.32. The Kier molecular flexibility index (Phi) is 4.95. The van der Waals surface area contributed by atoms with E-state index in [1.54, 1.807) is 18.2 Å². The molecule has 142 valence electrons. The summed E-state index contributed by atoms with van der Waals surface area (Å²) in [6.45, 7) is 0.510. The molecule has 0 saturated heterocycles. The van der Waals surface area contributed by atoms with Gasteiger partial charge in [-0.05, 0) is 36.8 Å². The first-order valence-corrected chi connectivity index (χ1v) is 9.68. The zero-order valence-corrected chi connectivity index (χ0v) is 16.5. The number of amides is 3. The topological polar surface area (TPSA) is 95.2 Å². The minimum absolute atomic E-state index is 0.153. The number of benzene rings is 2. The highest BCUT2D eigenvalue weighted by Gasteiger charge is 2.35. The molecule has 0 aliphatic carbocycles. The molecule has 7 nitrogen and oxygen atoms in total. The molecule has 1 aliphatic heterocycles. The van der Waals surface area contributed by atoms with Gasteiger partial charge in [-0.25, -0.2) is 4.98 Å². The quantitative estimate of drug-likeness (QED) is 0.575. The molecule has 3 amide bonds. The van der Waals surface area contributed by atoms with Gasteiger partial charge in [-0.2, -0.15) is 0 Å². The van der Waals surface area contributed by atoms with Crippen molar-refractivity contribution >= 4 is 44.7 Å². The molecule has 0 unspecified atom stereocenters. The van der Waals surface area contributed by atoms with Gasteiger partial charge in [0, 0.05) is 17.4 Å². The predicted molar refractivity (Wildman–Crippen MR) is 107 cm³/mol. The maximum absolute atomic E-state index is 12.4. The van der Waals surface area contributed by atoms with Gasteiger partial charge in [0.1, 0.15) is 5.82 Å². The van der Waals surface area contributed by atoms with Crippen LogP contribution in [0.15, 0.2) is 46.9 Å². The molecular formula is C20H17BrN4O3. The molecule has 0 fully saturated rings. The SMILES string of the molecule is O=C(CCCN1C(=O)c2ccc(Br)cc2C1=O)NCc1nc2ccccc2[nH]1. The molecule has 1 aliphatic rings. The van der Waals surface area contributed by atoms with Crippen LogP contribution in [0.5, 0.6) is 0 Å². The normalized spacial score (nSPS) is 13.2. The summed E-state index contributed by atoms with van der Waals surface area (Å²) < 4.78 is 0.749. The molecular weight excluding hydrogens is 424 g/mol. The highest BCUT2D eigenvalue weighted by molar-refractivity contribution is 9.10. The Morgan fingerprint density at radius 2 is 1.89 bits per heavy atom. The van der Waals surface area contributed by atoms with Crippen molar-refractivity contribution in [3.05, 3.63) is 63.9 Å². The van der Waals surface area contributed by atoms with Crippen molar-refractivity contribution in [3.8, 4) is 0 Å². The molecule has 0 bridgehead atoms. The fourth-order valence-electron chi connectivity index (χ4n) is 3.22. The summed E-state index contributed by atoms with van der Waals surface area (Å²) in [5, 5.41) is 2.81. The predicted octanol–water partition coefficient (Wildman–Crippen LogP) is 3.02. The van der Waals surface area contributed by atoms with Crippen LogP contribution >= 0.6 is 15.9 Å². The average Bonchev–Trinajstić information content (AvgIpc) is 3.20. The second-order valence-electron chi connectivity index (χ2n) is 6.53. The van der Waals surface area contributed by atoms with Crippen molar-refractivity contribution in [2.45, 2.75) is 19.4 Å². The first kappa shape index (κ1) is 18.4. The standard InChI is InChI=1S/C20H17BrN4O3/c21-12-7-8-13-14(10-12)20(28)25(19(13)27)9-3-6-18(26)22-11-17-23-15-4-1-2-5-16(15)24-17/h1-2,4-5,7-8,10H,3,6,9,11H2,(H,22,26)(H,23,24). The molecule has 3 aromatic rings. The van der Waals surface area contributed by atoms with Crippen LogP contribution in [0.3, 0.4) is 0 Å². The second-order valence-corrected chi connectivity index (χ2v) is 7.45. The maximum atomic E-state index is 12.4. The Labute approximate surface area is 169 Å². The minimum atomic E-state index is -0.316.